The molecule has 1 aliphatic heterocycles. The van der Waals surface area contributed by atoms with Crippen LogP contribution in [0.5, 0.6) is 0 Å². The van der Waals surface area contributed by atoms with E-state index in [9.17, 15) is 14.9 Å². The van der Waals surface area contributed by atoms with Crippen LogP contribution in [0.4, 0.5) is 5.69 Å². The van der Waals surface area contributed by atoms with E-state index >= 15 is 0 Å². The number of non-ortho nitro benzene ring substituents is 1. The molecule has 3 aromatic rings. The van der Waals surface area contributed by atoms with Crippen LogP contribution in [0.3, 0.4) is 0 Å². The van der Waals surface area contributed by atoms with Crippen molar-refractivity contribution in [1.29, 1.82) is 5.26 Å². The summed E-state index contributed by atoms with van der Waals surface area (Å²) in [5.41, 5.74) is 0.785. The van der Waals surface area contributed by atoms with Gasteiger partial charge in [-0.15, -0.1) is 0 Å². The molecule has 0 aliphatic carbocycles. The molecule has 0 saturated heterocycles. The van der Waals surface area contributed by atoms with Gasteiger partial charge in [-0.2, -0.15) is 5.26 Å². The number of hydrogen-bond donors (Lipinski definition) is 0. The van der Waals surface area contributed by atoms with Crippen LogP contribution in [0, 0.1) is 21.4 Å². The van der Waals surface area contributed by atoms with E-state index in [4.69, 9.17) is 9.68 Å². The van der Waals surface area contributed by atoms with Crippen LogP contribution in [0.15, 0.2) is 39.5 Å². The highest BCUT2D eigenvalue weighted by Crippen LogP contribution is 2.28. The first kappa shape index (κ1) is 14.8. The minimum Gasteiger partial charge on any atom is -0.446 e. The summed E-state index contributed by atoms with van der Waals surface area (Å²) in [4.78, 5) is 27.5. The summed E-state index contributed by atoms with van der Waals surface area (Å²) in [5, 5.41) is 19.9. The number of nitro benzene ring substituents is 1. The van der Waals surface area contributed by atoms with Crippen LogP contribution in [-0.2, 0) is 6.54 Å². The van der Waals surface area contributed by atoms with Gasteiger partial charge < -0.3 is 4.42 Å². The lowest BCUT2D eigenvalue weighted by Crippen LogP contribution is -2.20. The van der Waals surface area contributed by atoms with E-state index in [2.05, 4.69) is 4.98 Å². The zero-order chi connectivity index (χ0) is 17.6. The molecule has 0 atom stereocenters. The third-order valence-corrected chi connectivity index (χ3v) is 4.09. The Hall–Kier alpha value is -3.73. The number of furan rings is 1. The second-order valence-corrected chi connectivity index (χ2v) is 5.58. The summed E-state index contributed by atoms with van der Waals surface area (Å²) in [7, 11) is 0. The fourth-order valence-corrected chi connectivity index (χ4v) is 2.92. The fourth-order valence-electron chi connectivity index (χ4n) is 2.92. The summed E-state index contributed by atoms with van der Waals surface area (Å²) in [6.45, 7) is 0.442. The Bertz CT molecular complexity index is 1160. The van der Waals surface area contributed by atoms with Gasteiger partial charge in [-0.05, 0) is 30.7 Å². The zero-order valence-electron chi connectivity index (χ0n) is 12.8. The zero-order valence-corrected chi connectivity index (χ0v) is 12.8. The Kier molecular flexibility index (Phi) is 3.22. The van der Waals surface area contributed by atoms with Crippen molar-refractivity contribution in [2.24, 2.45) is 0 Å². The molecular formula is C17H10N4O4. The van der Waals surface area contributed by atoms with Crippen molar-refractivity contribution in [3.8, 4) is 6.07 Å². The Morgan fingerprint density at radius 3 is 2.92 bits per heavy atom. The SMILES string of the molecule is N#Cc1ccc(/C=C2/CCn3c2nc2ccc([N+](=O)[O-])cc2c3=O)o1. The quantitative estimate of drug-likeness (QED) is 0.525. The lowest BCUT2D eigenvalue weighted by atomic mass is 10.1. The molecule has 1 aromatic carbocycles. The fraction of sp³-hybridized carbons (Fsp3) is 0.118. The average molecular weight is 334 g/mol. The van der Waals surface area contributed by atoms with E-state index in [-0.39, 0.29) is 22.4 Å². The highest BCUT2D eigenvalue weighted by atomic mass is 16.6. The van der Waals surface area contributed by atoms with Crippen molar-refractivity contribution < 1.29 is 9.34 Å². The maximum atomic E-state index is 12.7. The number of fused-ring (bicyclic) bond motifs is 2. The van der Waals surface area contributed by atoms with Crippen LogP contribution in [0.2, 0.25) is 0 Å². The first-order valence-electron chi connectivity index (χ1n) is 7.47. The summed E-state index contributed by atoms with van der Waals surface area (Å²) in [6.07, 6.45) is 2.34. The molecule has 0 N–H and O–H groups in total. The van der Waals surface area contributed by atoms with Gasteiger partial charge in [-0.25, -0.2) is 4.98 Å². The number of aromatic nitrogens is 2. The Morgan fingerprint density at radius 1 is 1.36 bits per heavy atom. The maximum Gasteiger partial charge on any atom is 0.270 e. The molecule has 8 heteroatoms. The van der Waals surface area contributed by atoms with Crippen LogP contribution < -0.4 is 5.56 Å². The number of benzene rings is 1. The van der Waals surface area contributed by atoms with Crippen LogP contribution in [0.1, 0.15) is 23.8 Å². The molecule has 0 bridgehead atoms. The summed E-state index contributed by atoms with van der Waals surface area (Å²) in [6, 6.07) is 9.23. The number of hydrogen-bond acceptors (Lipinski definition) is 6. The van der Waals surface area contributed by atoms with Crippen LogP contribution in [0.25, 0.3) is 22.6 Å². The Morgan fingerprint density at radius 2 is 2.20 bits per heavy atom. The predicted molar refractivity (Wildman–Crippen MR) is 88.6 cm³/mol. The number of nitro groups is 1. The van der Waals surface area contributed by atoms with Gasteiger partial charge in [0.1, 0.15) is 17.7 Å². The third-order valence-electron chi connectivity index (χ3n) is 4.09. The molecule has 4 rings (SSSR count). The second kappa shape index (κ2) is 5.42. The Balaban J connectivity index is 1.87. The topological polar surface area (TPSA) is 115 Å². The van der Waals surface area contributed by atoms with Crippen molar-refractivity contribution in [1.82, 2.24) is 9.55 Å². The van der Waals surface area contributed by atoms with Crippen molar-refractivity contribution >= 4 is 28.2 Å². The van der Waals surface area contributed by atoms with Gasteiger partial charge in [0.15, 0.2) is 0 Å². The molecule has 0 amide bonds. The van der Waals surface area contributed by atoms with Gasteiger partial charge in [0.05, 0.1) is 15.8 Å². The first-order chi connectivity index (χ1) is 12.1. The number of rotatable bonds is 2. The third kappa shape index (κ3) is 2.38. The minimum atomic E-state index is -0.536. The summed E-state index contributed by atoms with van der Waals surface area (Å²) in [5.74, 6) is 1.24. The van der Waals surface area contributed by atoms with Crippen LogP contribution in [-0.4, -0.2) is 14.5 Å². The number of nitriles is 1. The lowest BCUT2D eigenvalue weighted by molar-refractivity contribution is -0.384. The smallest absolute Gasteiger partial charge is 0.270 e. The Labute approximate surface area is 140 Å². The molecule has 0 spiro atoms. The summed E-state index contributed by atoms with van der Waals surface area (Å²) >= 11 is 0. The van der Waals surface area contributed by atoms with Gasteiger partial charge in [-0.3, -0.25) is 19.5 Å². The van der Waals surface area contributed by atoms with Gasteiger partial charge in [0, 0.05) is 24.3 Å². The molecule has 2 aromatic heterocycles. The monoisotopic (exact) mass is 334 g/mol. The molecule has 0 fully saturated rings. The van der Waals surface area contributed by atoms with E-state index in [1.54, 1.807) is 18.2 Å². The molecule has 8 nitrogen and oxygen atoms in total. The van der Waals surface area contributed by atoms with Crippen LogP contribution >= 0.6 is 0 Å². The largest absolute Gasteiger partial charge is 0.446 e. The van der Waals surface area contributed by atoms with Gasteiger partial charge in [0.2, 0.25) is 5.76 Å². The lowest BCUT2D eigenvalue weighted by Gasteiger charge is -2.05. The molecule has 1 aliphatic rings. The molecule has 0 saturated carbocycles. The molecule has 0 radical (unpaired) electrons. The molecule has 25 heavy (non-hydrogen) atoms. The van der Waals surface area contributed by atoms with Crippen molar-refractivity contribution in [3.63, 3.8) is 0 Å². The highest BCUT2D eigenvalue weighted by Gasteiger charge is 2.22. The van der Waals surface area contributed by atoms with E-state index in [1.165, 1.54) is 22.8 Å². The van der Waals surface area contributed by atoms with Crippen molar-refractivity contribution in [2.75, 3.05) is 0 Å². The number of allylic oxidation sites excluding steroid dienone is 1. The van der Waals surface area contributed by atoms with Crippen molar-refractivity contribution in [3.05, 3.63) is 68.1 Å². The van der Waals surface area contributed by atoms with Gasteiger partial charge in [-0.1, -0.05) is 0 Å². The summed E-state index contributed by atoms with van der Waals surface area (Å²) < 4.78 is 6.85. The maximum absolute atomic E-state index is 12.7. The predicted octanol–water partition coefficient (Wildman–Crippen LogP) is 2.71. The standard InChI is InChI=1S/C17H10N4O4/c18-9-13-3-2-12(25-13)7-10-5-6-20-16(10)19-15-4-1-11(21(23)24)8-14(15)17(20)22/h1-4,7-8H,5-6H2/b10-7-. The van der Waals surface area contributed by atoms with Gasteiger partial charge >= 0.3 is 0 Å². The van der Waals surface area contributed by atoms with E-state index in [1.807, 2.05) is 6.07 Å². The average Bonchev–Trinajstić information content (AvgIpc) is 3.22. The van der Waals surface area contributed by atoms with Gasteiger partial charge in [0.25, 0.3) is 11.2 Å². The van der Waals surface area contributed by atoms with Crippen molar-refractivity contribution in [2.45, 2.75) is 13.0 Å². The molecule has 0 unspecified atom stereocenters. The van der Waals surface area contributed by atoms with E-state index in [0.29, 0.717) is 30.1 Å². The first-order valence-corrected chi connectivity index (χ1v) is 7.47. The molecule has 122 valence electrons. The number of nitrogens with zero attached hydrogens (tertiary/aromatic N) is 4. The molecule has 3 heterocycles. The molecular weight excluding hydrogens is 324 g/mol. The highest BCUT2D eigenvalue weighted by molar-refractivity contribution is 5.85. The van der Waals surface area contributed by atoms with E-state index in [0.717, 1.165) is 5.57 Å². The van der Waals surface area contributed by atoms with E-state index < -0.39 is 4.92 Å². The normalized spacial score (nSPS) is 14.6. The minimum absolute atomic E-state index is 0.139. The second-order valence-electron chi connectivity index (χ2n) is 5.58.